The molecule has 0 N–H and O–H groups in total. The average Bonchev–Trinajstić information content (AvgIpc) is 2.67. The molecule has 28 heavy (non-hydrogen) atoms. The van der Waals surface area contributed by atoms with E-state index in [1.165, 1.54) is 6.07 Å². The molecule has 0 aliphatic rings. The van der Waals surface area contributed by atoms with Crippen molar-refractivity contribution < 1.29 is 44.2 Å². The Morgan fingerprint density at radius 2 is 1.68 bits per heavy atom. The number of carbonyl (C=O) groups excluding carboxylic acids is 1. The molecule has 0 radical (unpaired) electrons. The average molecular weight is 403 g/mol. The van der Waals surface area contributed by atoms with Crippen LogP contribution in [0.4, 0.5) is 0 Å². The Labute approximate surface area is 192 Å². The van der Waals surface area contributed by atoms with Gasteiger partial charge in [-0.05, 0) is 52.4 Å². The van der Waals surface area contributed by atoms with Gasteiger partial charge >= 0.3 is 29.6 Å². The van der Waals surface area contributed by atoms with E-state index in [9.17, 15) is 9.90 Å². The second-order valence-corrected chi connectivity index (χ2v) is 7.20. The normalized spacial score (nSPS) is 10.4. The third-order valence-electron chi connectivity index (χ3n) is 4.14. The van der Waals surface area contributed by atoms with Crippen molar-refractivity contribution in [1.29, 1.82) is 0 Å². The SMILES string of the molecule is CC(C)COc1ccc(Cl)cc1-c1ccccc1-c1cccc(C(=O)[O-])c1.[Na+]. The first kappa shape index (κ1) is 22.5. The first-order valence-electron chi connectivity index (χ1n) is 8.79. The Balaban J connectivity index is 0.00000280. The molecule has 3 aromatic carbocycles. The summed E-state index contributed by atoms with van der Waals surface area (Å²) in [7, 11) is 0. The molecule has 5 heteroatoms. The van der Waals surface area contributed by atoms with Crippen molar-refractivity contribution in [1.82, 2.24) is 0 Å². The van der Waals surface area contributed by atoms with Crippen LogP contribution in [0.25, 0.3) is 22.3 Å². The second-order valence-electron chi connectivity index (χ2n) is 6.76. The molecule has 0 saturated heterocycles. The fourth-order valence-corrected chi connectivity index (χ4v) is 3.05. The summed E-state index contributed by atoms with van der Waals surface area (Å²) in [6.07, 6.45) is 0. The van der Waals surface area contributed by atoms with Gasteiger partial charge in [-0.3, -0.25) is 0 Å². The summed E-state index contributed by atoms with van der Waals surface area (Å²) in [5, 5.41) is 11.8. The molecule has 138 valence electrons. The molecule has 0 aliphatic carbocycles. The van der Waals surface area contributed by atoms with Gasteiger partial charge in [0.25, 0.3) is 0 Å². The Hall–Kier alpha value is -1.78. The van der Waals surface area contributed by atoms with Crippen molar-refractivity contribution in [3.8, 4) is 28.0 Å². The molecule has 0 fully saturated rings. The van der Waals surface area contributed by atoms with E-state index in [1.54, 1.807) is 18.2 Å². The predicted molar refractivity (Wildman–Crippen MR) is 107 cm³/mol. The number of carboxylic acid groups (broad SMARTS) is 1. The number of benzene rings is 3. The van der Waals surface area contributed by atoms with Gasteiger partial charge in [0, 0.05) is 10.6 Å². The van der Waals surface area contributed by atoms with E-state index in [0.717, 1.165) is 28.0 Å². The molecule has 0 aromatic heterocycles. The van der Waals surface area contributed by atoms with Crippen LogP contribution in [0.15, 0.2) is 66.7 Å². The summed E-state index contributed by atoms with van der Waals surface area (Å²) in [6, 6.07) is 20.1. The van der Waals surface area contributed by atoms with Crippen molar-refractivity contribution in [2.45, 2.75) is 13.8 Å². The van der Waals surface area contributed by atoms with Gasteiger partial charge in [-0.1, -0.05) is 67.9 Å². The van der Waals surface area contributed by atoms with E-state index < -0.39 is 5.97 Å². The fourth-order valence-electron chi connectivity index (χ4n) is 2.88. The Morgan fingerprint density at radius 3 is 2.36 bits per heavy atom. The summed E-state index contributed by atoms with van der Waals surface area (Å²) >= 11 is 6.25. The van der Waals surface area contributed by atoms with Crippen LogP contribution in [-0.2, 0) is 0 Å². The maximum absolute atomic E-state index is 11.2. The molecule has 0 atom stereocenters. The molecule has 0 amide bonds. The zero-order valence-corrected chi connectivity index (χ0v) is 19.0. The van der Waals surface area contributed by atoms with Crippen molar-refractivity contribution >= 4 is 17.6 Å². The largest absolute Gasteiger partial charge is 1.00 e. The van der Waals surface area contributed by atoms with Crippen molar-refractivity contribution in [2.75, 3.05) is 6.61 Å². The van der Waals surface area contributed by atoms with Gasteiger partial charge in [0.2, 0.25) is 0 Å². The monoisotopic (exact) mass is 402 g/mol. The minimum absolute atomic E-state index is 0. The molecule has 0 unspecified atom stereocenters. The van der Waals surface area contributed by atoms with E-state index in [0.29, 0.717) is 17.5 Å². The molecule has 3 nitrogen and oxygen atoms in total. The summed E-state index contributed by atoms with van der Waals surface area (Å²) in [4.78, 5) is 11.2. The number of ether oxygens (including phenoxy) is 1. The Bertz CT molecular complexity index is 970. The predicted octanol–water partition coefficient (Wildman–Crippen LogP) is 2.08. The summed E-state index contributed by atoms with van der Waals surface area (Å²) in [5.41, 5.74) is 3.64. The molecule has 3 aromatic rings. The Kier molecular flexibility index (Phi) is 8.14. The number of rotatable bonds is 6. The van der Waals surface area contributed by atoms with Crippen LogP contribution in [0, 0.1) is 5.92 Å². The van der Waals surface area contributed by atoms with E-state index in [2.05, 4.69) is 13.8 Å². The summed E-state index contributed by atoms with van der Waals surface area (Å²) < 4.78 is 6.00. The topological polar surface area (TPSA) is 49.4 Å². The van der Waals surface area contributed by atoms with Crippen molar-refractivity contribution in [3.05, 3.63) is 77.3 Å². The smallest absolute Gasteiger partial charge is 0.545 e. The van der Waals surface area contributed by atoms with Gasteiger partial charge in [-0.15, -0.1) is 0 Å². The Morgan fingerprint density at radius 1 is 0.964 bits per heavy atom. The first-order valence-corrected chi connectivity index (χ1v) is 9.17. The molecule has 0 bridgehead atoms. The van der Waals surface area contributed by atoms with E-state index in [4.69, 9.17) is 16.3 Å². The van der Waals surface area contributed by atoms with Crippen molar-refractivity contribution in [3.63, 3.8) is 0 Å². The van der Waals surface area contributed by atoms with Gasteiger partial charge in [-0.25, -0.2) is 0 Å². The van der Waals surface area contributed by atoms with Gasteiger partial charge in [0.1, 0.15) is 5.75 Å². The van der Waals surface area contributed by atoms with Gasteiger partial charge in [-0.2, -0.15) is 0 Å². The van der Waals surface area contributed by atoms with E-state index >= 15 is 0 Å². The maximum atomic E-state index is 11.2. The molecular weight excluding hydrogens is 383 g/mol. The number of hydrogen-bond acceptors (Lipinski definition) is 3. The summed E-state index contributed by atoms with van der Waals surface area (Å²) in [6.45, 7) is 4.78. The number of halogens is 1. The van der Waals surface area contributed by atoms with Crippen molar-refractivity contribution in [2.24, 2.45) is 5.92 Å². The third kappa shape index (κ3) is 5.39. The zero-order chi connectivity index (χ0) is 19.4. The van der Waals surface area contributed by atoms with Crippen LogP contribution in [0.3, 0.4) is 0 Å². The standard InChI is InChI=1S/C23H21ClO3.Na/c1-15(2)14-27-22-11-10-18(24)13-21(22)20-9-4-3-8-19(20)16-6-5-7-17(12-16)23(25)26;/h3-13,15H,14H2,1-2H3,(H,25,26);/q;+1/p-1. The summed E-state index contributed by atoms with van der Waals surface area (Å²) in [5.74, 6) is -0.0573. The maximum Gasteiger partial charge on any atom is 1.00 e. The number of carboxylic acids is 1. The third-order valence-corrected chi connectivity index (χ3v) is 4.38. The number of hydrogen-bond donors (Lipinski definition) is 0. The van der Waals surface area contributed by atoms with Crippen LogP contribution in [0.5, 0.6) is 5.75 Å². The molecule has 0 spiro atoms. The number of aromatic carboxylic acids is 1. The first-order chi connectivity index (χ1) is 13.0. The fraction of sp³-hybridized carbons (Fsp3) is 0.174. The molecule has 3 rings (SSSR count). The van der Waals surface area contributed by atoms with Crippen LogP contribution >= 0.6 is 11.6 Å². The molecular formula is C23H20ClNaO3. The van der Waals surface area contributed by atoms with Crippen LogP contribution in [-0.4, -0.2) is 12.6 Å². The van der Waals surface area contributed by atoms with E-state index in [-0.39, 0.29) is 35.1 Å². The van der Waals surface area contributed by atoms with Crippen LogP contribution in [0.1, 0.15) is 24.2 Å². The molecule has 0 saturated carbocycles. The number of carbonyl (C=O) groups is 1. The second kappa shape index (κ2) is 10.1. The van der Waals surface area contributed by atoms with Gasteiger partial charge < -0.3 is 14.6 Å². The molecule has 0 aliphatic heterocycles. The van der Waals surface area contributed by atoms with Gasteiger partial charge in [0.15, 0.2) is 0 Å². The van der Waals surface area contributed by atoms with Gasteiger partial charge in [0.05, 0.1) is 12.6 Å². The molecule has 0 heterocycles. The van der Waals surface area contributed by atoms with Crippen LogP contribution < -0.4 is 39.4 Å². The zero-order valence-electron chi connectivity index (χ0n) is 16.2. The van der Waals surface area contributed by atoms with Crippen LogP contribution in [0.2, 0.25) is 5.02 Å². The van der Waals surface area contributed by atoms with E-state index in [1.807, 2.05) is 42.5 Å². The minimum atomic E-state index is -1.20. The quantitative estimate of drug-likeness (QED) is 0.593. The minimum Gasteiger partial charge on any atom is -0.545 e.